The zero-order chi connectivity index (χ0) is 19.9. The lowest BCUT2D eigenvalue weighted by atomic mass is 10.1. The number of esters is 1. The van der Waals surface area contributed by atoms with Gasteiger partial charge in [-0.1, -0.05) is 18.2 Å². The molecule has 0 unspecified atom stereocenters. The second-order valence-corrected chi connectivity index (χ2v) is 6.64. The summed E-state index contributed by atoms with van der Waals surface area (Å²) in [6.07, 6.45) is -3.06. The predicted octanol–water partition coefficient (Wildman–Crippen LogP) is 3.89. The van der Waals surface area contributed by atoms with Crippen LogP contribution < -0.4 is 5.32 Å². The third-order valence-corrected chi connectivity index (χ3v) is 4.71. The molecule has 0 bridgehead atoms. The number of thioether (sulfide) groups is 1. The normalized spacial score (nSPS) is 13.8. The number of aromatic nitrogens is 1. The molecule has 0 spiro atoms. The summed E-state index contributed by atoms with van der Waals surface area (Å²) >= 11 is 1.26. The molecule has 0 aliphatic heterocycles. The number of ether oxygens (including phenoxy) is 1. The summed E-state index contributed by atoms with van der Waals surface area (Å²) in [7, 11) is 1.11. The van der Waals surface area contributed by atoms with Crippen LogP contribution in [0.15, 0.2) is 48.7 Å². The van der Waals surface area contributed by atoms with Crippen molar-refractivity contribution in [3.8, 4) is 0 Å². The number of hydrogen-bond donors (Lipinski definition) is 1. The van der Waals surface area contributed by atoms with E-state index in [9.17, 15) is 22.4 Å². The number of rotatable bonds is 8. The molecule has 0 aliphatic carbocycles. The third kappa shape index (κ3) is 6.51. The number of hydrogen-bond acceptors (Lipinski definition) is 5. The van der Waals surface area contributed by atoms with Crippen molar-refractivity contribution >= 4 is 17.7 Å². The summed E-state index contributed by atoms with van der Waals surface area (Å²) in [4.78, 5) is 16.1. The second-order valence-electron chi connectivity index (χ2n) is 5.60. The fraction of sp³-hybridized carbons (Fsp3) is 0.333. The maximum absolute atomic E-state index is 13.5. The second kappa shape index (κ2) is 9.70. The molecule has 4 nitrogen and oxygen atoms in total. The Kier molecular flexibility index (Phi) is 7.61. The maximum Gasteiger partial charge on any atom is 0.407 e. The fourth-order valence-electron chi connectivity index (χ4n) is 2.33. The first-order valence-corrected chi connectivity index (χ1v) is 9.10. The predicted molar refractivity (Wildman–Crippen MR) is 94.5 cm³/mol. The van der Waals surface area contributed by atoms with E-state index >= 15 is 0 Å². The van der Waals surface area contributed by atoms with Gasteiger partial charge >= 0.3 is 12.1 Å². The number of nitrogens with zero attached hydrogens (tertiary/aromatic N) is 1. The van der Waals surface area contributed by atoms with E-state index in [-0.39, 0.29) is 11.3 Å². The molecule has 146 valence electrons. The first-order valence-electron chi connectivity index (χ1n) is 7.95. The van der Waals surface area contributed by atoms with Gasteiger partial charge in [0.05, 0.1) is 12.8 Å². The molecule has 1 aromatic heterocycles. The van der Waals surface area contributed by atoms with Crippen molar-refractivity contribution in [3.05, 3.63) is 65.7 Å². The Morgan fingerprint density at radius 2 is 1.93 bits per heavy atom. The zero-order valence-corrected chi connectivity index (χ0v) is 15.2. The minimum Gasteiger partial charge on any atom is -0.468 e. The molecule has 0 amide bonds. The Morgan fingerprint density at radius 3 is 2.48 bits per heavy atom. The number of alkyl halides is 3. The number of carbonyl (C=O) groups excluding carboxylic acids is 1. The SMILES string of the molecule is COC(=O)[C@H](CSCc1ccccn1)N[C@@H](c1ccc(F)cc1)C(F)(F)F. The molecule has 0 saturated carbocycles. The molecule has 27 heavy (non-hydrogen) atoms. The molecule has 0 radical (unpaired) electrons. The van der Waals surface area contributed by atoms with E-state index in [4.69, 9.17) is 0 Å². The van der Waals surface area contributed by atoms with Crippen LogP contribution >= 0.6 is 11.8 Å². The van der Waals surface area contributed by atoms with Crippen molar-refractivity contribution in [2.24, 2.45) is 0 Å². The molecule has 1 N–H and O–H groups in total. The zero-order valence-electron chi connectivity index (χ0n) is 14.4. The summed E-state index contributed by atoms with van der Waals surface area (Å²) in [5.41, 5.74) is 0.560. The van der Waals surface area contributed by atoms with Crippen LogP contribution in [0.1, 0.15) is 17.3 Å². The van der Waals surface area contributed by atoms with Crippen LogP contribution in [0.5, 0.6) is 0 Å². The van der Waals surface area contributed by atoms with E-state index in [2.05, 4.69) is 15.0 Å². The van der Waals surface area contributed by atoms with Gasteiger partial charge in [0.25, 0.3) is 0 Å². The fourth-order valence-corrected chi connectivity index (χ4v) is 3.29. The topological polar surface area (TPSA) is 51.2 Å². The molecule has 9 heteroatoms. The highest BCUT2D eigenvalue weighted by Crippen LogP contribution is 2.33. The number of halogens is 4. The molecule has 2 aromatic rings. The van der Waals surface area contributed by atoms with Crippen molar-refractivity contribution in [1.29, 1.82) is 0 Å². The molecular weight excluding hydrogens is 384 g/mol. The van der Waals surface area contributed by atoms with Crippen molar-refractivity contribution < 1.29 is 27.1 Å². The quantitative estimate of drug-likeness (QED) is 0.536. The van der Waals surface area contributed by atoms with Gasteiger partial charge < -0.3 is 4.74 Å². The first kappa shape index (κ1) is 21.2. The Balaban J connectivity index is 2.11. The van der Waals surface area contributed by atoms with Crippen LogP contribution in [-0.4, -0.2) is 36.0 Å². The molecule has 2 rings (SSSR count). The highest BCUT2D eigenvalue weighted by atomic mass is 32.2. The number of nitrogens with one attached hydrogen (secondary N) is 1. The number of benzene rings is 1. The van der Waals surface area contributed by atoms with Gasteiger partial charge in [-0.15, -0.1) is 0 Å². The van der Waals surface area contributed by atoms with E-state index < -0.39 is 30.0 Å². The van der Waals surface area contributed by atoms with Gasteiger partial charge in [-0.25, -0.2) is 4.39 Å². The Morgan fingerprint density at radius 1 is 1.22 bits per heavy atom. The van der Waals surface area contributed by atoms with E-state index in [1.807, 2.05) is 0 Å². The number of pyridine rings is 1. The third-order valence-electron chi connectivity index (χ3n) is 3.64. The van der Waals surface area contributed by atoms with Gasteiger partial charge in [0.2, 0.25) is 0 Å². The van der Waals surface area contributed by atoms with Crippen molar-refractivity contribution in [3.63, 3.8) is 0 Å². The van der Waals surface area contributed by atoms with Gasteiger partial charge in [0, 0.05) is 17.7 Å². The van der Waals surface area contributed by atoms with Crippen LogP contribution in [0.3, 0.4) is 0 Å². The molecule has 0 fully saturated rings. The first-order chi connectivity index (χ1) is 12.8. The van der Waals surface area contributed by atoms with Gasteiger partial charge in [-0.3, -0.25) is 15.1 Å². The minimum absolute atomic E-state index is 0.0526. The van der Waals surface area contributed by atoms with Crippen molar-refractivity contribution in [1.82, 2.24) is 10.3 Å². The van der Waals surface area contributed by atoms with Gasteiger partial charge in [-0.2, -0.15) is 24.9 Å². The van der Waals surface area contributed by atoms with Crippen molar-refractivity contribution in [2.45, 2.75) is 24.0 Å². The molecular formula is C18H18F4N2O2S. The summed E-state index contributed by atoms with van der Waals surface area (Å²) in [6.45, 7) is 0. The van der Waals surface area contributed by atoms with E-state index in [1.165, 1.54) is 11.8 Å². The molecule has 2 atom stereocenters. The lowest BCUT2D eigenvalue weighted by Crippen LogP contribution is -2.46. The van der Waals surface area contributed by atoms with E-state index in [0.717, 1.165) is 37.1 Å². The lowest BCUT2D eigenvalue weighted by molar-refractivity contribution is -0.163. The van der Waals surface area contributed by atoms with Crippen LogP contribution in [0.25, 0.3) is 0 Å². The standard InChI is InChI=1S/C18H18F4N2O2S/c1-26-17(25)15(11-27-10-14-4-2-3-9-23-14)24-16(18(20,21)22)12-5-7-13(19)8-6-12/h2-9,15-16,24H,10-11H2,1H3/t15-,16-/m0/s1. The van der Waals surface area contributed by atoms with E-state index in [1.54, 1.807) is 24.4 Å². The van der Waals surface area contributed by atoms with Gasteiger partial charge in [0.15, 0.2) is 0 Å². The smallest absolute Gasteiger partial charge is 0.407 e. The Hall–Kier alpha value is -2.13. The van der Waals surface area contributed by atoms with Crippen LogP contribution in [0.2, 0.25) is 0 Å². The highest BCUT2D eigenvalue weighted by molar-refractivity contribution is 7.98. The Labute approximate surface area is 158 Å². The molecule has 0 aliphatic rings. The average molecular weight is 402 g/mol. The number of methoxy groups -OCH3 is 1. The van der Waals surface area contributed by atoms with Crippen LogP contribution in [0, 0.1) is 5.82 Å². The minimum atomic E-state index is -4.67. The maximum atomic E-state index is 13.5. The average Bonchev–Trinajstić information content (AvgIpc) is 2.64. The van der Waals surface area contributed by atoms with E-state index in [0.29, 0.717) is 5.75 Å². The van der Waals surface area contributed by atoms with Crippen molar-refractivity contribution in [2.75, 3.05) is 12.9 Å². The summed E-state index contributed by atoms with van der Waals surface area (Å²) < 4.78 is 58.1. The summed E-state index contributed by atoms with van der Waals surface area (Å²) in [6, 6.07) is 5.97. The monoisotopic (exact) mass is 402 g/mol. The molecule has 1 aromatic carbocycles. The van der Waals surface area contributed by atoms with Crippen LogP contribution in [0.4, 0.5) is 17.6 Å². The lowest BCUT2D eigenvalue weighted by Gasteiger charge is -2.26. The van der Waals surface area contributed by atoms with Crippen LogP contribution in [-0.2, 0) is 15.3 Å². The summed E-state index contributed by atoms with van der Waals surface area (Å²) in [5.74, 6) is -0.963. The molecule has 0 saturated heterocycles. The summed E-state index contributed by atoms with van der Waals surface area (Å²) in [5, 5.41) is 2.30. The van der Waals surface area contributed by atoms with Gasteiger partial charge in [0.1, 0.15) is 17.9 Å². The largest absolute Gasteiger partial charge is 0.468 e. The molecule has 1 heterocycles. The Bertz CT molecular complexity index is 726. The highest BCUT2D eigenvalue weighted by Gasteiger charge is 2.43. The number of carbonyl (C=O) groups is 1. The van der Waals surface area contributed by atoms with Gasteiger partial charge in [-0.05, 0) is 29.8 Å².